The molecular formula is C10H6BrF5O2. The van der Waals surface area contributed by atoms with E-state index in [1.165, 1.54) is 0 Å². The van der Waals surface area contributed by atoms with Crippen molar-refractivity contribution in [1.82, 2.24) is 0 Å². The minimum absolute atomic E-state index is 0.305. The van der Waals surface area contributed by atoms with E-state index in [9.17, 15) is 26.7 Å². The average Bonchev–Trinajstić information content (AvgIpc) is 2.17. The van der Waals surface area contributed by atoms with Gasteiger partial charge in [0.15, 0.2) is 11.5 Å². The number of ether oxygens (including phenoxy) is 1. The number of rotatable bonds is 3. The van der Waals surface area contributed by atoms with Crippen molar-refractivity contribution in [1.29, 1.82) is 0 Å². The Morgan fingerprint density at radius 3 is 2.28 bits per heavy atom. The van der Waals surface area contributed by atoms with Gasteiger partial charge >= 0.3 is 12.8 Å². The van der Waals surface area contributed by atoms with E-state index in [-0.39, 0.29) is 4.47 Å². The summed E-state index contributed by atoms with van der Waals surface area (Å²) in [5.74, 6) is -1.99. The van der Waals surface area contributed by atoms with Gasteiger partial charge in [-0.15, -0.1) is 0 Å². The van der Waals surface area contributed by atoms with Crippen LogP contribution in [0.3, 0.4) is 0 Å². The minimum Gasteiger partial charge on any atom is -0.433 e. The molecule has 0 bridgehead atoms. The van der Waals surface area contributed by atoms with Crippen LogP contribution >= 0.6 is 15.9 Å². The molecule has 18 heavy (non-hydrogen) atoms. The Bertz CT molecular complexity index is 470. The first kappa shape index (κ1) is 14.9. The van der Waals surface area contributed by atoms with E-state index in [0.29, 0.717) is 0 Å². The molecule has 0 atom stereocenters. The van der Waals surface area contributed by atoms with E-state index in [2.05, 4.69) is 20.7 Å². The highest BCUT2D eigenvalue weighted by molar-refractivity contribution is 9.10. The van der Waals surface area contributed by atoms with Crippen LogP contribution in [-0.4, -0.2) is 12.4 Å². The predicted octanol–water partition coefficient (Wildman–Crippen LogP) is 4.27. The molecule has 0 aromatic heterocycles. The fourth-order valence-electron chi connectivity index (χ4n) is 1.34. The van der Waals surface area contributed by atoms with Crippen molar-refractivity contribution >= 4 is 21.7 Å². The lowest BCUT2D eigenvalue weighted by Crippen LogP contribution is -2.16. The zero-order chi connectivity index (χ0) is 14.1. The summed E-state index contributed by atoms with van der Waals surface area (Å²) in [6.07, 6.45) is -4.98. The lowest BCUT2D eigenvalue weighted by Gasteiger charge is -2.17. The Morgan fingerprint density at radius 2 is 1.89 bits per heavy atom. The Kier molecular flexibility index (Phi) is 4.31. The van der Waals surface area contributed by atoms with Crippen LogP contribution < -0.4 is 4.74 Å². The van der Waals surface area contributed by atoms with Gasteiger partial charge in [-0.1, -0.05) is 0 Å². The molecule has 0 aliphatic heterocycles. The fourth-order valence-corrected chi connectivity index (χ4v) is 1.76. The quantitative estimate of drug-likeness (QED) is 0.610. The number of carbonyl (C=O) groups is 1. The van der Waals surface area contributed by atoms with Crippen molar-refractivity contribution in [2.24, 2.45) is 0 Å². The molecule has 1 rings (SSSR count). The monoisotopic (exact) mass is 332 g/mol. The maximum Gasteiger partial charge on any atom is 0.420 e. The van der Waals surface area contributed by atoms with E-state index < -0.39 is 35.4 Å². The highest BCUT2D eigenvalue weighted by atomic mass is 79.9. The molecule has 0 saturated heterocycles. The molecular weight excluding hydrogens is 327 g/mol. The van der Waals surface area contributed by atoms with E-state index in [1.807, 2.05) is 0 Å². The maximum atomic E-state index is 12.8. The number of hydrogen-bond donors (Lipinski definition) is 0. The van der Waals surface area contributed by atoms with Gasteiger partial charge in [0.2, 0.25) is 0 Å². The number of hydrogen-bond acceptors (Lipinski definition) is 2. The number of benzene rings is 1. The minimum atomic E-state index is -4.98. The van der Waals surface area contributed by atoms with E-state index in [4.69, 9.17) is 0 Å². The summed E-state index contributed by atoms with van der Waals surface area (Å²) in [5.41, 5.74) is -2.23. The highest BCUT2D eigenvalue weighted by Gasteiger charge is 2.40. The molecule has 0 amide bonds. The van der Waals surface area contributed by atoms with Crippen molar-refractivity contribution in [2.75, 3.05) is 0 Å². The van der Waals surface area contributed by atoms with Crippen molar-refractivity contribution in [2.45, 2.75) is 19.7 Å². The van der Waals surface area contributed by atoms with Gasteiger partial charge in [-0.2, -0.15) is 22.0 Å². The first-order valence-corrected chi connectivity index (χ1v) is 5.29. The third-order valence-electron chi connectivity index (χ3n) is 1.98. The van der Waals surface area contributed by atoms with E-state index in [1.54, 1.807) is 0 Å². The van der Waals surface area contributed by atoms with Gasteiger partial charge in [-0.25, -0.2) is 0 Å². The lowest BCUT2D eigenvalue weighted by atomic mass is 10.0. The third-order valence-corrected chi connectivity index (χ3v) is 2.60. The Hall–Kier alpha value is -1.18. The van der Waals surface area contributed by atoms with Gasteiger partial charge < -0.3 is 4.74 Å². The smallest absolute Gasteiger partial charge is 0.420 e. The second-order valence-electron chi connectivity index (χ2n) is 3.23. The van der Waals surface area contributed by atoms with E-state index in [0.717, 1.165) is 19.1 Å². The van der Waals surface area contributed by atoms with Gasteiger partial charge in [0.1, 0.15) is 5.56 Å². The fraction of sp³-hybridized carbons (Fsp3) is 0.300. The molecule has 0 N–H and O–H groups in total. The molecule has 2 nitrogen and oxygen atoms in total. The van der Waals surface area contributed by atoms with Crippen LogP contribution in [0.25, 0.3) is 0 Å². The van der Waals surface area contributed by atoms with E-state index >= 15 is 0 Å². The SMILES string of the molecule is CC(=O)c1ccc(Br)c(OC(F)F)c1C(F)(F)F. The molecule has 1 aromatic carbocycles. The summed E-state index contributed by atoms with van der Waals surface area (Å²) in [6.45, 7) is -2.52. The van der Waals surface area contributed by atoms with Gasteiger partial charge in [-0.3, -0.25) is 4.79 Å². The van der Waals surface area contributed by atoms with Gasteiger partial charge in [0.05, 0.1) is 4.47 Å². The molecule has 0 radical (unpaired) electrons. The molecule has 0 unspecified atom stereocenters. The summed E-state index contributed by atoms with van der Waals surface area (Å²) in [6, 6.07) is 1.94. The number of Topliss-reactive ketones (excluding diaryl/α,β-unsaturated/α-hetero) is 1. The first-order chi connectivity index (χ1) is 8.14. The van der Waals surface area contributed by atoms with Crippen LogP contribution in [-0.2, 0) is 6.18 Å². The molecule has 8 heteroatoms. The van der Waals surface area contributed by atoms with Crippen LogP contribution in [0.15, 0.2) is 16.6 Å². The Morgan fingerprint density at radius 1 is 1.33 bits per heavy atom. The second kappa shape index (κ2) is 5.21. The number of alkyl halides is 5. The van der Waals surface area contributed by atoms with Crippen LogP contribution in [0.1, 0.15) is 22.8 Å². The molecule has 100 valence electrons. The van der Waals surface area contributed by atoms with Crippen LogP contribution in [0.4, 0.5) is 22.0 Å². The van der Waals surface area contributed by atoms with Gasteiger partial charge in [0.25, 0.3) is 0 Å². The van der Waals surface area contributed by atoms with Crippen LogP contribution in [0, 0.1) is 0 Å². The molecule has 0 heterocycles. The normalized spacial score (nSPS) is 11.8. The van der Waals surface area contributed by atoms with Crippen molar-refractivity contribution < 1.29 is 31.5 Å². The predicted molar refractivity (Wildman–Crippen MR) is 55.8 cm³/mol. The summed E-state index contributed by atoms with van der Waals surface area (Å²) in [5, 5.41) is 0. The molecule has 0 aliphatic rings. The Balaban J connectivity index is 3.56. The number of carbonyl (C=O) groups excluding carboxylic acids is 1. The largest absolute Gasteiger partial charge is 0.433 e. The summed E-state index contributed by atoms with van der Waals surface area (Å²) >= 11 is 2.68. The molecule has 0 spiro atoms. The average molecular weight is 333 g/mol. The van der Waals surface area contributed by atoms with Crippen LogP contribution in [0.2, 0.25) is 0 Å². The molecule has 0 fully saturated rings. The highest BCUT2D eigenvalue weighted by Crippen LogP contribution is 2.43. The molecule has 1 aromatic rings. The number of ketones is 1. The van der Waals surface area contributed by atoms with Crippen molar-refractivity contribution in [3.63, 3.8) is 0 Å². The van der Waals surface area contributed by atoms with Crippen molar-refractivity contribution in [3.05, 3.63) is 27.7 Å². The lowest BCUT2D eigenvalue weighted by molar-refractivity contribution is -0.142. The van der Waals surface area contributed by atoms with Crippen molar-refractivity contribution in [3.8, 4) is 5.75 Å². The number of halogens is 6. The Labute approximate surface area is 107 Å². The second-order valence-corrected chi connectivity index (χ2v) is 4.09. The molecule has 0 aliphatic carbocycles. The zero-order valence-corrected chi connectivity index (χ0v) is 10.4. The zero-order valence-electron chi connectivity index (χ0n) is 8.82. The van der Waals surface area contributed by atoms with Gasteiger partial charge in [0, 0.05) is 5.56 Å². The third kappa shape index (κ3) is 3.18. The topological polar surface area (TPSA) is 26.3 Å². The van der Waals surface area contributed by atoms with Crippen LogP contribution in [0.5, 0.6) is 5.75 Å². The first-order valence-electron chi connectivity index (χ1n) is 4.50. The summed E-state index contributed by atoms with van der Waals surface area (Å²) < 4.78 is 66.2. The maximum absolute atomic E-state index is 12.8. The van der Waals surface area contributed by atoms with Gasteiger partial charge in [-0.05, 0) is 35.0 Å². The summed E-state index contributed by atoms with van der Waals surface area (Å²) in [4.78, 5) is 11.1. The standard InChI is InChI=1S/C10H6BrF5O2/c1-4(17)5-2-3-6(11)8(18-9(12)13)7(5)10(14,15)16/h2-3,9H,1H3. The summed E-state index contributed by atoms with van der Waals surface area (Å²) in [7, 11) is 0. The molecule has 0 saturated carbocycles.